The Labute approximate surface area is 166 Å². The standard InChI is InChI=1S/C23H30O5/c1-12(2)8-10-23(11-9-13(3)4)21(27)16(18(24)14(5)6)20(26)17-19(25)15(7)28-22(17)23/h8-9,14-15,26H,10-11H2,1-7H3. The second-order valence-electron chi connectivity index (χ2n) is 8.45. The molecule has 0 aromatic rings. The van der Waals surface area contributed by atoms with Crippen LogP contribution in [0.5, 0.6) is 0 Å². The van der Waals surface area contributed by atoms with E-state index in [1.165, 1.54) is 0 Å². The van der Waals surface area contributed by atoms with Gasteiger partial charge in [0, 0.05) is 5.92 Å². The van der Waals surface area contributed by atoms with Crippen LogP contribution in [0.2, 0.25) is 0 Å². The largest absolute Gasteiger partial charge is 0.506 e. The molecule has 1 heterocycles. The maximum absolute atomic E-state index is 13.7. The molecule has 1 aliphatic heterocycles. The Morgan fingerprint density at radius 1 is 1.11 bits per heavy atom. The maximum Gasteiger partial charge on any atom is 0.210 e. The van der Waals surface area contributed by atoms with Gasteiger partial charge in [-0.05, 0) is 47.5 Å². The number of aliphatic hydroxyl groups excluding tert-OH is 1. The van der Waals surface area contributed by atoms with Gasteiger partial charge < -0.3 is 9.84 Å². The zero-order chi connectivity index (χ0) is 21.4. The van der Waals surface area contributed by atoms with E-state index in [0.717, 1.165) is 11.1 Å². The molecule has 2 rings (SSSR count). The second kappa shape index (κ2) is 7.90. The molecule has 1 atom stereocenters. The third-order valence-electron chi connectivity index (χ3n) is 5.20. The number of hydrogen-bond donors (Lipinski definition) is 1. The molecule has 5 heteroatoms. The molecule has 1 N–H and O–H groups in total. The highest BCUT2D eigenvalue weighted by Gasteiger charge is 2.56. The van der Waals surface area contributed by atoms with Crippen LogP contribution in [0.3, 0.4) is 0 Å². The maximum atomic E-state index is 13.7. The van der Waals surface area contributed by atoms with E-state index in [0.29, 0.717) is 12.8 Å². The van der Waals surface area contributed by atoms with Crippen LogP contribution < -0.4 is 0 Å². The lowest BCUT2D eigenvalue weighted by Crippen LogP contribution is -2.41. The molecular weight excluding hydrogens is 356 g/mol. The summed E-state index contributed by atoms with van der Waals surface area (Å²) in [6, 6.07) is 0. The Hall–Kier alpha value is -2.43. The summed E-state index contributed by atoms with van der Waals surface area (Å²) in [6.07, 6.45) is 3.61. The third kappa shape index (κ3) is 3.62. The molecule has 0 bridgehead atoms. The van der Waals surface area contributed by atoms with Crippen LogP contribution in [0, 0.1) is 11.3 Å². The molecule has 0 radical (unpaired) electrons. The summed E-state index contributed by atoms with van der Waals surface area (Å²) in [5, 5.41) is 10.8. The van der Waals surface area contributed by atoms with Gasteiger partial charge in [-0.3, -0.25) is 14.4 Å². The van der Waals surface area contributed by atoms with E-state index in [2.05, 4.69) is 0 Å². The first kappa shape index (κ1) is 21.9. The summed E-state index contributed by atoms with van der Waals surface area (Å²) in [4.78, 5) is 39.2. The summed E-state index contributed by atoms with van der Waals surface area (Å²) >= 11 is 0. The molecule has 28 heavy (non-hydrogen) atoms. The average molecular weight is 386 g/mol. The quantitative estimate of drug-likeness (QED) is 0.535. The van der Waals surface area contributed by atoms with E-state index in [1.54, 1.807) is 20.8 Å². The van der Waals surface area contributed by atoms with E-state index in [1.807, 2.05) is 39.8 Å². The number of hydrogen-bond acceptors (Lipinski definition) is 5. The van der Waals surface area contributed by atoms with Crippen LogP contribution in [-0.4, -0.2) is 28.6 Å². The molecule has 5 nitrogen and oxygen atoms in total. The highest BCUT2D eigenvalue weighted by atomic mass is 16.5. The molecule has 0 fully saturated rings. The van der Waals surface area contributed by atoms with Gasteiger partial charge in [-0.25, -0.2) is 0 Å². The third-order valence-corrected chi connectivity index (χ3v) is 5.20. The van der Waals surface area contributed by atoms with Crippen molar-refractivity contribution in [2.75, 3.05) is 0 Å². The summed E-state index contributed by atoms with van der Waals surface area (Å²) < 4.78 is 5.83. The van der Waals surface area contributed by atoms with Gasteiger partial charge in [-0.2, -0.15) is 0 Å². The van der Waals surface area contributed by atoms with E-state index in [9.17, 15) is 19.5 Å². The summed E-state index contributed by atoms with van der Waals surface area (Å²) in [6.45, 7) is 12.6. The first-order chi connectivity index (χ1) is 12.9. The molecular formula is C23H30O5. The predicted octanol–water partition coefficient (Wildman–Crippen LogP) is 4.55. The number of rotatable bonds is 6. The fourth-order valence-corrected chi connectivity index (χ4v) is 3.48. The van der Waals surface area contributed by atoms with Gasteiger partial charge in [-0.1, -0.05) is 37.1 Å². The van der Waals surface area contributed by atoms with Crippen molar-refractivity contribution in [3.05, 3.63) is 46.0 Å². The highest BCUT2D eigenvalue weighted by Crippen LogP contribution is 2.50. The Kier molecular flexibility index (Phi) is 6.17. The molecule has 0 saturated heterocycles. The molecule has 152 valence electrons. The van der Waals surface area contributed by atoms with Crippen molar-refractivity contribution in [3.63, 3.8) is 0 Å². The molecule has 0 spiro atoms. The van der Waals surface area contributed by atoms with Crippen molar-refractivity contribution in [3.8, 4) is 0 Å². The van der Waals surface area contributed by atoms with Crippen LogP contribution in [0.15, 0.2) is 46.0 Å². The second-order valence-corrected chi connectivity index (χ2v) is 8.45. The van der Waals surface area contributed by atoms with Crippen molar-refractivity contribution >= 4 is 17.3 Å². The Morgan fingerprint density at radius 3 is 2.04 bits per heavy atom. The SMILES string of the molecule is CC(C)=CCC1(CC=C(C)C)C(=O)C(C(=O)C(C)C)=C(O)C2=C1OC(C)C2=O. The minimum atomic E-state index is -1.21. The molecule has 0 saturated carbocycles. The first-order valence-electron chi connectivity index (χ1n) is 9.69. The summed E-state index contributed by atoms with van der Waals surface area (Å²) in [7, 11) is 0. The number of Topliss-reactive ketones (excluding diaryl/α,β-unsaturated/α-hetero) is 3. The Balaban J connectivity index is 2.82. The van der Waals surface area contributed by atoms with Crippen molar-refractivity contribution in [2.24, 2.45) is 11.3 Å². The van der Waals surface area contributed by atoms with Gasteiger partial charge in [0.05, 0.1) is 5.41 Å². The molecule has 0 amide bonds. The topological polar surface area (TPSA) is 80.7 Å². The lowest BCUT2D eigenvalue weighted by molar-refractivity contribution is -0.130. The van der Waals surface area contributed by atoms with Crippen LogP contribution in [0.4, 0.5) is 0 Å². The number of allylic oxidation sites excluding steroid dienone is 7. The highest BCUT2D eigenvalue weighted by molar-refractivity contribution is 6.27. The monoisotopic (exact) mass is 386 g/mol. The van der Waals surface area contributed by atoms with Crippen LogP contribution in [0.25, 0.3) is 0 Å². The number of ketones is 3. The minimum Gasteiger partial charge on any atom is -0.506 e. The van der Waals surface area contributed by atoms with Crippen molar-refractivity contribution in [1.82, 2.24) is 0 Å². The van der Waals surface area contributed by atoms with Crippen molar-refractivity contribution in [2.45, 2.75) is 67.4 Å². The van der Waals surface area contributed by atoms with Gasteiger partial charge in [0.25, 0.3) is 0 Å². The van der Waals surface area contributed by atoms with Crippen LogP contribution >= 0.6 is 0 Å². The Morgan fingerprint density at radius 2 is 1.61 bits per heavy atom. The fraction of sp³-hybridized carbons (Fsp3) is 0.522. The lowest BCUT2D eigenvalue weighted by Gasteiger charge is -2.36. The molecule has 0 aromatic carbocycles. The normalized spacial score (nSPS) is 20.9. The first-order valence-corrected chi connectivity index (χ1v) is 9.69. The molecule has 1 unspecified atom stereocenters. The van der Waals surface area contributed by atoms with Crippen molar-refractivity contribution in [1.29, 1.82) is 0 Å². The zero-order valence-corrected chi connectivity index (χ0v) is 17.8. The Bertz CT molecular complexity index is 820. The van der Waals surface area contributed by atoms with Gasteiger partial charge >= 0.3 is 0 Å². The minimum absolute atomic E-state index is 0.0135. The summed E-state index contributed by atoms with van der Waals surface area (Å²) in [5.41, 5.74) is 0.527. The molecule has 2 aliphatic rings. The predicted molar refractivity (Wildman–Crippen MR) is 108 cm³/mol. The fourth-order valence-electron chi connectivity index (χ4n) is 3.48. The van der Waals surface area contributed by atoms with E-state index >= 15 is 0 Å². The van der Waals surface area contributed by atoms with Gasteiger partial charge in [-0.15, -0.1) is 0 Å². The van der Waals surface area contributed by atoms with Gasteiger partial charge in [0.2, 0.25) is 5.78 Å². The van der Waals surface area contributed by atoms with Crippen LogP contribution in [-0.2, 0) is 19.1 Å². The van der Waals surface area contributed by atoms with E-state index < -0.39 is 40.5 Å². The molecule has 1 aliphatic carbocycles. The number of aliphatic hydroxyl groups is 1. The van der Waals surface area contributed by atoms with E-state index in [-0.39, 0.29) is 16.9 Å². The molecule has 0 aromatic heterocycles. The van der Waals surface area contributed by atoms with Gasteiger partial charge in [0.15, 0.2) is 17.7 Å². The van der Waals surface area contributed by atoms with Crippen molar-refractivity contribution < 1.29 is 24.2 Å². The van der Waals surface area contributed by atoms with E-state index in [4.69, 9.17) is 4.74 Å². The summed E-state index contributed by atoms with van der Waals surface area (Å²) in [5.74, 6) is -2.14. The number of carbonyl (C=O) groups excluding carboxylic acids is 3. The lowest BCUT2D eigenvalue weighted by atomic mass is 9.66. The smallest absolute Gasteiger partial charge is 0.210 e. The number of carbonyl (C=O) groups is 3. The zero-order valence-electron chi connectivity index (χ0n) is 17.8. The average Bonchev–Trinajstić information content (AvgIpc) is 2.89. The van der Waals surface area contributed by atoms with Gasteiger partial charge in [0.1, 0.15) is 22.7 Å². The van der Waals surface area contributed by atoms with Crippen LogP contribution in [0.1, 0.15) is 61.3 Å². The number of ether oxygens (including phenoxy) is 1.